The summed E-state index contributed by atoms with van der Waals surface area (Å²) in [6.07, 6.45) is 0. The number of carbonyl (C=O) groups excluding carboxylic acids is 1. The van der Waals surface area contributed by atoms with Crippen molar-refractivity contribution in [1.82, 2.24) is 4.90 Å². The lowest BCUT2D eigenvalue weighted by Crippen LogP contribution is -2.27. The van der Waals surface area contributed by atoms with E-state index in [1.165, 1.54) is 0 Å². The molecule has 0 bridgehead atoms. The molecule has 3 nitrogen and oxygen atoms in total. The van der Waals surface area contributed by atoms with Gasteiger partial charge in [0.1, 0.15) is 12.4 Å². The fraction of sp³-hybridized carbons (Fsp3) is 0.214. The molecule has 0 radical (unpaired) electrons. The standard InChI is InChI=1S/C14H13NO2/c1-15-8-9-17-13-11-5-3-2-4-10(11)6-7-12(13)14(15)16/h2-7H,8-9H2,1H3. The maximum atomic E-state index is 12.1. The van der Waals surface area contributed by atoms with Gasteiger partial charge in [0.15, 0.2) is 0 Å². The maximum Gasteiger partial charge on any atom is 0.257 e. The van der Waals surface area contributed by atoms with E-state index in [1.54, 1.807) is 11.9 Å². The van der Waals surface area contributed by atoms with Crippen molar-refractivity contribution in [3.8, 4) is 5.75 Å². The second kappa shape index (κ2) is 3.77. The zero-order valence-corrected chi connectivity index (χ0v) is 9.64. The van der Waals surface area contributed by atoms with Crippen molar-refractivity contribution >= 4 is 16.7 Å². The summed E-state index contributed by atoms with van der Waals surface area (Å²) in [6, 6.07) is 11.8. The highest BCUT2D eigenvalue weighted by Gasteiger charge is 2.22. The van der Waals surface area contributed by atoms with E-state index in [0.29, 0.717) is 18.7 Å². The molecule has 0 spiro atoms. The number of hydrogen-bond donors (Lipinski definition) is 0. The number of benzene rings is 2. The third kappa shape index (κ3) is 1.55. The summed E-state index contributed by atoms with van der Waals surface area (Å²) in [5.41, 5.74) is 0.656. The van der Waals surface area contributed by atoms with Crippen molar-refractivity contribution in [2.45, 2.75) is 0 Å². The largest absolute Gasteiger partial charge is 0.490 e. The van der Waals surface area contributed by atoms with Crippen molar-refractivity contribution < 1.29 is 9.53 Å². The molecule has 0 fully saturated rings. The summed E-state index contributed by atoms with van der Waals surface area (Å²) in [6.45, 7) is 1.17. The number of fused-ring (bicyclic) bond motifs is 3. The lowest BCUT2D eigenvalue weighted by atomic mass is 10.0. The van der Waals surface area contributed by atoms with Crippen molar-refractivity contribution in [2.75, 3.05) is 20.2 Å². The molecule has 0 unspecified atom stereocenters. The van der Waals surface area contributed by atoms with E-state index in [1.807, 2.05) is 36.4 Å². The highest BCUT2D eigenvalue weighted by Crippen LogP contribution is 2.31. The van der Waals surface area contributed by atoms with Crippen LogP contribution in [0.5, 0.6) is 5.75 Å². The number of hydrogen-bond acceptors (Lipinski definition) is 2. The average Bonchev–Trinajstić information content (AvgIpc) is 2.51. The fourth-order valence-electron chi connectivity index (χ4n) is 2.16. The van der Waals surface area contributed by atoms with Crippen LogP contribution in [0.15, 0.2) is 36.4 Å². The van der Waals surface area contributed by atoms with Crippen LogP contribution in [0.3, 0.4) is 0 Å². The number of ether oxygens (including phenoxy) is 1. The van der Waals surface area contributed by atoms with Gasteiger partial charge >= 0.3 is 0 Å². The molecule has 3 heteroatoms. The van der Waals surface area contributed by atoms with Gasteiger partial charge in [-0.05, 0) is 11.5 Å². The topological polar surface area (TPSA) is 29.5 Å². The number of rotatable bonds is 0. The van der Waals surface area contributed by atoms with Gasteiger partial charge in [-0.15, -0.1) is 0 Å². The quantitative estimate of drug-likeness (QED) is 0.691. The van der Waals surface area contributed by atoms with Crippen LogP contribution in [0.4, 0.5) is 0 Å². The Labute approximate surface area is 99.6 Å². The molecule has 86 valence electrons. The number of nitrogens with zero attached hydrogens (tertiary/aromatic N) is 1. The van der Waals surface area contributed by atoms with Gasteiger partial charge in [0.25, 0.3) is 5.91 Å². The van der Waals surface area contributed by atoms with Crippen LogP contribution >= 0.6 is 0 Å². The van der Waals surface area contributed by atoms with E-state index in [9.17, 15) is 4.79 Å². The third-order valence-electron chi connectivity index (χ3n) is 3.13. The van der Waals surface area contributed by atoms with E-state index in [-0.39, 0.29) is 5.91 Å². The molecule has 0 atom stereocenters. The highest BCUT2D eigenvalue weighted by atomic mass is 16.5. The van der Waals surface area contributed by atoms with Crippen LogP contribution in [-0.2, 0) is 0 Å². The molecule has 3 rings (SSSR count). The molecule has 2 aromatic rings. The first-order chi connectivity index (χ1) is 8.27. The Bertz CT molecular complexity index is 592. The first kappa shape index (κ1) is 10.1. The Hall–Kier alpha value is -2.03. The fourth-order valence-corrected chi connectivity index (χ4v) is 2.16. The lowest BCUT2D eigenvalue weighted by Gasteiger charge is -2.12. The Morgan fingerprint density at radius 2 is 2.00 bits per heavy atom. The summed E-state index contributed by atoms with van der Waals surface area (Å²) in [5.74, 6) is 0.751. The van der Waals surface area contributed by atoms with E-state index in [4.69, 9.17) is 4.74 Å². The van der Waals surface area contributed by atoms with E-state index in [2.05, 4.69) is 0 Å². The van der Waals surface area contributed by atoms with Crippen LogP contribution < -0.4 is 4.74 Å². The minimum atomic E-state index is 0.0308. The molecule has 0 saturated heterocycles. The smallest absolute Gasteiger partial charge is 0.257 e. The molecule has 0 N–H and O–H groups in total. The van der Waals surface area contributed by atoms with Gasteiger partial charge < -0.3 is 9.64 Å². The SMILES string of the molecule is CN1CCOc2c(ccc3ccccc23)C1=O. The van der Waals surface area contributed by atoms with Gasteiger partial charge in [0.2, 0.25) is 0 Å². The number of amides is 1. The monoisotopic (exact) mass is 227 g/mol. The van der Waals surface area contributed by atoms with Crippen molar-refractivity contribution in [1.29, 1.82) is 0 Å². The zero-order valence-electron chi connectivity index (χ0n) is 9.64. The minimum Gasteiger partial charge on any atom is -0.490 e. The molecule has 1 heterocycles. The Morgan fingerprint density at radius 3 is 2.88 bits per heavy atom. The molecule has 1 aliphatic rings. The second-order valence-electron chi connectivity index (χ2n) is 4.24. The van der Waals surface area contributed by atoms with Gasteiger partial charge in [0.05, 0.1) is 12.1 Å². The van der Waals surface area contributed by atoms with Gasteiger partial charge in [-0.25, -0.2) is 0 Å². The first-order valence-corrected chi connectivity index (χ1v) is 5.67. The van der Waals surface area contributed by atoms with E-state index < -0.39 is 0 Å². The second-order valence-corrected chi connectivity index (χ2v) is 4.24. The van der Waals surface area contributed by atoms with Crippen LogP contribution in [0.2, 0.25) is 0 Å². The van der Waals surface area contributed by atoms with Crippen LogP contribution in [0.25, 0.3) is 10.8 Å². The Kier molecular flexibility index (Phi) is 2.25. The summed E-state index contributed by atoms with van der Waals surface area (Å²) >= 11 is 0. The Morgan fingerprint density at radius 1 is 1.18 bits per heavy atom. The molecule has 2 aromatic carbocycles. The van der Waals surface area contributed by atoms with Crippen molar-refractivity contribution in [3.05, 3.63) is 42.0 Å². The lowest BCUT2D eigenvalue weighted by molar-refractivity contribution is 0.0797. The molecule has 1 amide bonds. The molecule has 0 saturated carbocycles. The maximum absolute atomic E-state index is 12.1. The number of carbonyl (C=O) groups is 1. The van der Waals surface area contributed by atoms with Gasteiger partial charge in [0, 0.05) is 12.4 Å². The Balaban J connectivity index is 2.29. The molecule has 0 aliphatic carbocycles. The van der Waals surface area contributed by atoms with E-state index >= 15 is 0 Å². The van der Waals surface area contributed by atoms with Crippen molar-refractivity contribution in [2.24, 2.45) is 0 Å². The van der Waals surface area contributed by atoms with Gasteiger partial charge in [-0.3, -0.25) is 4.79 Å². The molecule has 1 aliphatic heterocycles. The number of likely N-dealkylation sites (N-methyl/N-ethyl adjacent to an activating group) is 1. The van der Waals surface area contributed by atoms with Crippen LogP contribution in [-0.4, -0.2) is 31.0 Å². The highest BCUT2D eigenvalue weighted by molar-refractivity contribution is 6.04. The van der Waals surface area contributed by atoms with Gasteiger partial charge in [-0.1, -0.05) is 30.3 Å². The van der Waals surface area contributed by atoms with Crippen LogP contribution in [0, 0.1) is 0 Å². The first-order valence-electron chi connectivity index (χ1n) is 5.67. The van der Waals surface area contributed by atoms with Crippen molar-refractivity contribution in [3.63, 3.8) is 0 Å². The third-order valence-corrected chi connectivity index (χ3v) is 3.13. The zero-order chi connectivity index (χ0) is 11.8. The molecular formula is C14H13NO2. The molecule has 0 aromatic heterocycles. The summed E-state index contributed by atoms with van der Waals surface area (Å²) < 4.78 is 5.74. The molecular weight excluding hydrogens is 214 g/mol. The summed E-state index contributed by atoms with van der Waals surface area (Å²) in [5, 5.41) is 2.11. The molecule has 17 heavy (non-hydrogen) atoms. The summed E-state index contributed by atoms with van der Waals surface area (Å²) in [7, 11) is 1.80. The predicted octanol–water partition coefficient (Wildman–Crippen LogP) is 2.30. The average molecular weight is 227 g/mol. The predicted molar refractivity (Wildman–Crippen MR) is 66.4 cm³/mol. The summed E-state index contributed by atoms with van der Waals surface area (Å²) in [4.78, 5) is 13.8. The van der Waals surface area contributed by atoms with Crippen LogP contribution in [0.1, 0.15) is 10.4 Å². The van der Waals surface area contributed by atoms with Gasteiger partial charge in [-0.2, -0.15) is 0 Å². The minimum absolute atomic E-state index is 0.0308. The van der Waals surface area contributed by atoms with E-state index in [0.717, 1.165) is 16.5 Å². The normalized spacial score (nSPS) is 15.4.